The standard InChI is InChI=1S/C20H25N3O4S/c1-13-18(28-11-10-27-13)20(26)22-16-4-2-14(3-5-16)12-17(24)23-8-6-15(7-9-23)19(21)25/h2-5,15H,6-12H2,1H3,(H2,21,25)(H,22,26). The highest BCUT2D eigenvalue weighted by molar-refractivity contribution is 8.04. The van der Waals surface area contributed by atoms with Crippen molar-refractivity contribution in [3.05, 3.63) is 40.5 Å². The van der Waals surface area contributed by atoms with Gasteiger partial charge in [-0.3, -0.25) is 14.4 Å². The molecule has 0 aliphatic carbocycles. The number of piperidine rings is 1. The molecule has 0 aromatic heterocycles. The van der Waals surface area contributed by atoms with E-state index in [0.717, 1.165) is 11.3 Å². The third kappa shape index (κ3) is 5.07. The van der Waals surface area contributed by atoms with E-state index in [1.165, 1.54) is 11.8 Å². The van der Waals surface area contributed by atoms with Crippen LogP contribution in [0.5, 0.6) is 0 Å². The second kappa shape index (κ2) is 9.14. The highest BCUT2D eigenvalue weighted by Crippen LogP contribution is 2.26. The van der Waals surface area contributed by atoms with Crippen LogP contribution in [0.15, 0.2) is 34.9 Å². The number of anilines is 1. The van der Waals surface area contributed by atoms with Gasteiger partial charge in [-0.15, -0.1) is 11.8 Å². The van der Waals surface area contributed by atoms with Crippen LogP contribution in [0.1, 0.15) is 25.3 Å². The number of thioether (sulfide) groups is 1. The number of likely N-dealkylation sites (tertiary alicyclic amines) is 1. The maximum absolute atomic E-state index is 12.5. The average molecular weight is 404 g/mol. The molecule has 1 saturated heterocycles. The third-order valence-corrected chi connectivity index (χ3v) is 6.12. The maximum Gasteiger partial charge on any atom is 0.265 e. The van der Waals surface area contributed by atoms with Gasteiger partial charge in [0.1, 0.15) is 10.7 Å². The first-order chi connectivity index (χ1) is 13.4. The van der Waals surface area contributed by atoms with E-state index in [1.54, 1.807) is 24.0 Å². The summed E-state index contributed by atoms with van der Waals surface area (Å²) >= 11 is 1.49. The van der Waals surface area contributed by atoms with Crippen LogP contribution in [-0.2, 0) is 25.5 Å². The molecule has 1 fully saturated rings. The van der Waals surface area contributed by atoms with Crippen LogP contribution in [0.2, 0.25) is 0 Å². The maximum atomic E-state index is 12.5. The molecule has 0 saturated carbocycles. The minimum Gasteiger partial charge on any atom is -0.496 e. The Bertz CT molecular complexity index is 783. The number of carbonyl (C=O) groups excluding carboxylic acids is 3. The topological polar surface area (TPSA) is 102 Å². The quantitative estimate of drug-likeness (QED) is 0.782. The number of hydrogen-bond acceptors (Lipinski definition) is 5. The molecule has 0 unspecified atom stereocenters. The number of nitrogens with zero attached hydrogens (tertiary/aromatic N) is 1. The summed E-state index contributed by atoms with van der Waals surface area (Å²) in [5.41, 5.74) is 6.89. The normalized spacial score (nSPS) is 17.8. The molecule has 28 heavy (non-hydrogen) atoms. The van der Waals surface area contributed by atoms with Crippen LogP contribution in [0.3, 0.4) is 0 Å². The Morgan fingerprint density at radius 3 is 2.50 bits per heavy atom. The predicted molar refractivity (Wildman–Crippen MR) is 108 cm³/mol. The van der Waals surface area contributed by atoms with Crippen LogP contribution in [0, 0.1) is 5.92 Å². The molecule has 3 rings (SSSR count). The SMILES string of the molecule is CC1=C(C(=O)Nc2ccc(CC(=O)N3CCC(C(N)=O)CC3)cc2)SCCO1. The fourth-order valence-electron chi connectivity index (χ4n) is 3.32. The van der Waals surface area contributed by atoms with Gasteiger partial charge in [0.25, 0.3) is 5.91 Å². The number of benzene rings is 1. The molecule has 0 bridgehead atoms. The Morgan fingerprint density at radius 1 is 1.21 bits per heavy atom. The Labute approximate surface area is 168 Å². The number of nitrogens with two attached hydrogens (primary N) is 1. The first-order valence-electron chi connectivity index (χ1n) is 9.38. The smallest absolute Gasteiger partial charge is 0.265 e. The zero-order valence-corrected chi connectivity index (χ0v) is 16.7. The van der Waals surface area contributed by atoms with Crippen LogP contribution < -0.4 is 11.1 Å². The number of ether oxygens (including phenoxy) is 1. The van der Waals surface area contributed by atoms with Gasteiger partial charge < -0.3 is 20.7 Å². The van der Waals surface area contributed by atoms with Gasteiger partial charge in [-0.2, -0.15) is 0 Å². The van der Waals surface area contributed by atoms with E-state index in [-0.39, 0.29) is 23.6 Å². The summed E-state index contributed by atoms with van der Waals surface area (Å²) in [4.78, 5) is 38.4. The number of amides is 3. The number of nitrogens with one attached hydrogen (secondary N) is 1. The number of carbonyl (C=O) groups is 3. The predicted octanol–water partition coefficient (Wildman–Crippen LogP) is 1.89. The van der Waals surface area contributed by atoms with Gasteiger partial charge in [0.15, 0.2) is 0 Å². The molecule has 0 radical (unpaired) electrons. The van der Waals surface area contributed by atoms with Crippen molar-refractivity contribution in [2.45, 2.75) is 26.2 Å². The van der Waals surface area contributed by atoms with Gasteiger partial charge in [-0.1, -0.05) is 12.1 Å². The summed E-state index contributed by atoms with van der Waals surface area (Å²) in [5.74, 6) is 0.862. The molecular weight excluding hydrogens is 378 g/mol. The Hall–Kier alpha value is -2.48. The molecule has 2 aliphatic heterocycles. The lowest BCUT2D eigenvalue weighted by Crippen LogP contribution is -2.42. The van der Waals surface area contributed by atoms with Gasteiger partial charge in [0, 0.05) is 30.4 Å². The molecule has 2 aliphatic rings. The van der Waals surface area contributed by atoms with Crippen molar-refractivity contribution in [2.75, 3.05) is 30.8 Å². The fourth-order valence-corrected chi connectivity index (χ4v) is 4.14. The van der Waals surface area contributed by atoms with E-state index in [1.807, 2.05) is 12.1 Å². The molecule has 8 heteroatoms. The van der Waals surface area contributed by atoms with Gasteiger partial charge in [0.05, 0.1) is 13.0 Å². The largest absolute Gasteiger partial charge is 0.496 e. The minimum absolute atomic E-state index is 0.0382. The van der Waals surface area contributed by atoms with Crippen LogP contribution in [0.4, 0.5) is 5.69 Å². The monoisotopic (exact) mass is 403 g/mol. The fraction of sp³-hybridized carbons (Fsp3) is 0.450. The lowest BCUT2D eigenvalue weighted by atomic mass is 9.96. The number of primary amides is 1. The first kappa shape index (κ1) is 20.3. The molecule has 0 atom stereocenters. The van der Waals surface area contributed by atoms with Crippen LogP contribution in [-0.4, -0.2) is 48.1 Å². The number of hydrogen-bond donors (Lipinski definition) is 2. The molecule has 3 N–H and O–H groups in total. The van der Waals surface area contributed by atoms with Gasteiger partial charge in [0.2, 0.25) is 11.8 Å². The molecule has 2 heterocycles. The van der Waals surface area contributed by atoms with E-state index in [9.17, 15) is 14.4 Å². The average Bonchev–Trinajstić information content (AvgIpc) is 2.69. The van der Waals surface area contributed by atoms with Crippen LogP contribution in [0.25, 0.3) is 0 Å². The molecule has 3 amide bonds. The van der Waals surface area contributed by atoms with Crippen molar-refractivity contribution in [3.63, 3.8) is 0 Å². The van der Waals surface area contributed by atoms with Gasteiger partial charge in [-0.05, 0) is 37.5 Å². The summed E-state index contributed by atoms with van der Waals surface area (Å²) in [6.07, 6.45) is 1.55. The zero-order chi connectivity index (χ0) is 20.1. The van der Waals surface area contributed by atoms with Crippen molar-refractivity contribution in [2.24, 2.45) is 11.7 Å². The molecule has 150 valence electrons. The first-order valence-corrected chi connectivity index (χ1v) is 10.4. The molecular formula is C20H25N3O4S. The second-order valence-electron chi connectivity index (χ2n) is 6.97. The van der Waals surface area contributed by atoms with Crippen LogP contribution >= 0.6 is 11.8 Å². The second-order valence-corrected chi connectivity index (χ2v) is 8.07. The summed E-state index contributed by atoms with van der Waals surface area (Å²) in [7, 11) is 0. The van der Waals surface area contributed by atoms with Crippen molar-refractivity contribution in [1.29, 1.82) is 0 Å². The van der Waals surface area contributed by atoms with Crippen molar-refractivity contribution in [3.8, 4) is 0 Å². The van der Waals surface area contributed by atoms with E-state index >= 15 is 0 Å². The van der Waals surface area contributed by atoms with E-state index < -0.39 is 0 Å². The minimum atomic E-state index is -0.283. The summed E-state index contributed by atoms with van der Waals surface area (Å²) in [5, 5.41) is 2.86. The number of rotatable bonds is 5. The summed E-state index contributed by atoms with van der Waals surface area (Å²) in [6.45, 7) is 3.54. The van der Waals surface area contributed by atoms with Crippen molar-refractivity contribution in [1.82, 2.24) is 4.90 Å². The molecule has 1 aromatic carbocycles. The van der Waals surface area contributed by atoms with E-state index in [0.29, 0.717) is 55.3 Å². The van der Waals surface area contributed by atoms with Gasteiger partial charge >= 0.3 is 0 Å². The zero-order valence-electron chi connectivity index (χ0n) is 15.9. The highest BCUT2D eigenvalue weighted by atomic mass is 32.2. The Kier molecular flexibility index (Phi) is 6.61. The third-order valence-electron chi connectivity index (χ3n) is 4.99. The lowest BCUT2D eigenvalue weighted by Gasteiger charge is -2.30. The van der Waals surface area contributed by atoms with E-state index in [4.69, 9.17) is 10.5 Å². The molecule has 1 aromatic rings. The molecule has 7 nitrogen and oxygen atoms in total. The highest BCUT2D eigenvalue weighted by Gasteiger charge is 2.25. The number of allylic oxidation sites excluding steroid dienone is 1. The van der Waals surface area contributed by atoms with E-state index in [2.05, 4.69) is 5.32 Å². The van der Waals surface area contributed by atoms with Crippen molar-refractivity contribution < 1.29 is 19.1 Å². The van der Waals surface area contributed by atoms with Crippen molar-refractivity contribution >= 4 is 35.2 Å². The van der Waals surface area contributed by atoms with Gasteiger partial charge in [-0.25, -0.2) is 0 Å². The Balaban J connectivity index is 1.52. The summed E-state index contributed by atoms with van der Waals surface area (Å²) < 4.78 is 5.42. The lowest BCUT2D eigenvalue weighted by molar-refractivity contribution is -0.134. The molecule has 0 spiro atoms. The Morgan fingerprint density at radius 2 is 1.89 bits per heavy atom. The summed E-state index contributed by atoms with van der Waals surface area (Å²) in [6, 6.07) is 7.28.